The molecule has 0 bridgehead atoms. The first-order valence-electron chi connectivity index (χ1n) is 3.93. The van der Waals surface area contributed by atoms with Crippen LogP contribution in [0.5, 0.6) is 0 Å². The summed E-state index contributed by atoms with van der Waals surface area (Å²) >= 11 is 5.69. The van der Waals surface area contributed by atoms with Crippen LogP contribution in [0.1, 0.15) is 5.56 Å². The van der Waals surface area contributed by atoms with Gasteiger partial charge >= 0.3 is 0 Å². The molecule has 0 radical (unpaired) electrons. The maximum absolute atomic E-state index is 5.69. The minimum atomic E-state index is 0.441. The fraction of sp³-hybridized carbons (Fsp3) is 0. The molecule has 0 amide bonds. The average Bonchev–Trinajstić information content (AvgIpc) is 2.65. The van der Waals surface area contributed by atoms with Crippen molar-refractivity contribution in [3.63, 3.8) is 0 Å². The molecule has 0 N–H and O–H groups in total. The Balaban J connectivity index is 2.47. The first-order chi connectivity index (χ1) is 6.79. The lowest BCUT2D eigenvalue weighted by atomic mass is 10.3. The second kappa shape index (κ2) is 3.52. The number of terminal acetylenes is 1. The summed E-state index contributed by atoms with van der Waals surface area (Å²) in [6.45, 7) is 0. The van der Waals surface area contributed by atoms with E-state index >= 15 is 0 Å². The molecule has 0 aliphatic heterocycles. The Hall–Kier alpha value is -1.79. The lowest BCUT2D eigenvalue weighted by molar-refractivity contribution is 0.873. The highest BCUT2D eigenvalue weighted by Crippen LogP contribution is 2.10. The third kappa shape index (κ3) is 1.61. The Morgan fingerprint density at radius 2 is 2.29 bits per heavy atom. The largest absolute Gasteiger partial charge is 0.261 e. The van der Waals surface area contributed by atoms with E-state index in [1.807, 2.05) is 6.07 Å². The van der Waals surface area contributed by atoms with Crippen molar-refractivity contribution in [1.82, 2.24) is 14.8 Å². The molecule has 2 aromatic rings. The van der Waals surface area contributed by atoms with Gasteiger partial charge in [0, 0.05) is 18.0 Å². The predicted octanol–water partition coefficient (Wildman–Crippen LogP) is 1.90. The molecule has 14 heavy (non-hydrogen) atoms. The van der Waals surface area contributed by atoms with Crippen LogP contribution in [0, 0.1) is 12.3 Å². The highest BCUT2D eigenvalue weighted by atomic mass is 35.5. The second-order valence-electron chi connectivity index (χ2n) is 2.66. The maximum atomic E-state index is 5.69. The van der Waals surface area contributed by atoms with Crippen molar-refractivity contribution in [2.24, 2.45) is 0 Å². The van der Waals surface area contributed by atoms with Crippen LogP contribution in [0.25, 0.3) is 5.69 Å². The number of hydrogen-bond donors (Lipinski definition) is 0. The summed E-state index contributed by atoms with van der Waals surface area (Å²) in [5, 5.41) is 4.47. The molecule has 3 nitrogen and oxygen atoms in total. The number of pyridine rings is 1. The van der Waals surface area contributed by atoms with Gasteiger partial charge in [0.25, 0.3) is 0 Å². The van der Waals surface area contributed by atoms with Gasteiger partial charge in [0.15, 0.2) is 5.15 Å². The molecule has 0 fully saturated rings. The molecular formula is C10H6ClN3. The summed E-state index contributed by atoms with van der Waals surface area (Å²) < 4.78 is 1.62. The van der Waals surface area contributed by atoms with Crippen LogP contribution in [-0.2, 0) is 0 Å². The normalized spacial score (nSPS) is 9.71. The number of nitrogens with zero attached hydrogens (tertiary/aromatic N) is 3. The van der Waals surface area contributed by atoms with Crippen molar-refractivity contribution < 1.29 is 0 Å². The van der Waals surface area contributed by atoms with Crippen molar-refractivity contribution in [3.8, 4) is 18.0 Å². The molecule has 0 aromatic carbocycles. The molecule has 4 heteroatoms. The van der Waals surface area contributed by atoms with E-state index in [9.17, 15) is 0 Å². The molecule has 0 atom stereocenters. The summed E-state index contributed by atoms with van der Waals surface area (Å²) in [4.78, 5) is 3.99. The van der Waals surface area contributed by atoms with E-state index in [1.165, 1.54) is 0 Å². The monoisotopic (exact) mass is 203 g/mol. The number of rotatable bonds is 1. The topological polar surface area (TPSA) is 30.7 Å². The average molecular weight is 204 g/mol. The van der Waals surface area contributed by atoms with Crippen molar-refractivity contribution >= 4 is 11.6 Å². The van der Waals surface area contributed by atoms with Crippen LogP contribution in [-0.4, -0.2) is 14.8 Å². The van der Waals surface area contributed by atoms with Gasteiger partial charge < -0.3 is 0 Å². The first-order valence-corrected chi connectivity index (χ1v) is 4.30. The van der Waals surface area contributed by atoms with Crippen LogP contribution >= 0.6 is 11.6 Å². The molecular weight excluding hydrogens is 198 g/mol. The van der Waals surface area contributed by atoms with Crippen LogP contribution in [0.2, 0.25) is 5.15 Å². The zero-order chi connectivity index (χ0) is 9.97. The van der Waals surface area contributed by atoms with E-state index in [4.69, 9.17) is 18.0 Å². The lowest BCUT2D eigenvalue weighted by Gasteiger charge is -1.99. The lowest BCUT2D eigenvalue weighted by Crippen LogP contribution is -1.95. The summed E-state index contributed by atoms with van der Waals surface area (Å²) in [6, 6.07) is 3.51. The third-order valence-corrected chi connectivity index (χ3v) is 1.91. The van der Waals surface area contributed by atoms with E-state index in [2.05, 4.69) is 16.0 Å². The minimum absolute atomic E-state index is 0.441. The number of halogens is 1. The fourth-order valence-corrected chi connectivity index (χ4v) is 1.22. The SMILES string of the molecule is C#Cc1cncc(-n2ccc(Cl)n2)c1. The molecule has 2 rings (SSSR count). The molecule has 0 aliphatic carbocycles. The molecule has 0 saturated carbocycles. The fourth-order valence-electron chi connectivity index (χ4n) is 1.08. The van der Waals surface area contributed by atoms with Crippen LogP contribution in [0.15, 0.2) is 30.7 Å². The van der Waals surface area contributed by atoms with Gasteiger partial charge in [-0.1, -0.05) is 17.5 Å². The van der Waals surface area contributed by atoms with Crippen molar-refractivity contribution in [2.45, 2.75) is 0 Å². The van der Waals surface area contributed by atoms with Gasteiger partial charge in [-0.3, -0.25) is 4.98 Å². The van der Waals surface area contributed by atoms with Gasteiger partial charge in [-0.15, -0.1) is 6.42 Å². The molecule has 2 aromatic heterocycles. The Bertz CT molecular complexity index is 496. The van der Waals surface area contributed by atoms with Crippen molar-refractivity contribution in [3.05, 3.63) is 41.4 Å². The first kappa shape index (κ1) is 8.79. The second-order valence-corrected chi connectivity index (χ2v) is 3.05. The zero-order valence-electron chi connectivity index (χ0n) is 7.18. The predicted molar refractivity (Wildman–Crippen MR) is 54.3 cm³/mol. The van der Waals surface area contributed by atoms with E-state index in [0.717, 1.165) is 5.69 Å². The van der Waals surface area contributed by atoms with Gasteiger partial charge in [-0.05, 0) is 12.1 Å². The van der Waals surface area contributed by atoms with E-state index in [0.29, 0.717) is 10.7 Å². The molecule has 0 saturated heterocycles. The van der Waals surface area contributed by atoms with Crippen LogP contribution in [0.3, 0.4) is 0 Å². The zero-order valence-corrected chi connectivity index (χ0v) is 7.94. The molecule has 0 spiro atoms. The smallest absolute Gasteiger partial charge is 0.151 e. The number of hydrogen-bond acceptors (Lipinski definition) is 2. The van der Waals surface area contributed by atoms with Gasteiger partial charge in [-0.25, -0.2) is 4.68 Å². The van der Waals surface area contributed by atoms with E-state index < -0.39 is 0 Å². The van der Waals surface area contributed by atoms with E-state index in [-0.39, 0.29) is 0 Å². The van der Waals surface area contributed by atoms with Gasteiger partial charge in [0.2, 0.25) is 0 Å². The summed E-state index contributed by atoms with van der Waals surface area (Å²) in [5.74, 6) is 2.51. The summed E-state index contributed by atoms with van der Waals surface area (Å²) in [6.07, 6.45) is 10.3. The number of aromatic nitrogens is 3. The minimum Gasteiger partial charge on any atom is -0.261 e. The molecule has 2 heterocycles. The standard InChI is InChI=1S/C10H6ClN3/c1-2-8-5-9(7-12-6-8)14-4-3-10(11)13-14/h1,3-7H. The Labute approximate surface area is 86.3 Å². The van der Waals surface area contributed by atoms with Gasteiger partial charge in [0.05, 0.1) is 11.9 Å². The molecule has 0 aliphatic rings. The molecule has 68 valence electrons. The highest BCUT2D eigenvalue weighted by molar-refractivity contribution is 6.29. The third-order valence-electron chi connectivity index (χ3n) is 1.71. The van der Waals surface area contributed by atoms with Crippen molar-refractivity contribution in [2.75, 3.05) is 0 Å². The van der Waals surface area contributed by atoms with Gasteiger partial charge in [-0.2, -0.15) is 5.10 Å². The van der Waals surface area contributed by atoms with Crippen LogP contribution in [0.4, 0.5) is 0 Å². The summed E-state index contributed by atoms with van der Waals surface area (Å²) in [7, 11) is 0. The quantitative estimate of drug-likeness (QED) is 0.663. The summed E-state index contributed by atoms with van der Waals surface area (Å²) in [5.41, 5.74) is 1.52. The Kier molecular flexibility index (Phi) is 2.21. The maximum Gasteiger partial charge on any atom is 0.151 e. The Morgan fingerprint density at radius 1 is 1.43 bits per heavy atom. The highest BCUT2D eigenvalue weighted by Gasteiger charge is 1.99. The van der Waals surface area contributed by atoms with E-state index in [1.54, 1.807) is 29.3 Å². The van der Waals surface area contributed by atoms with Crippen LogP contribution < -0.4 is 0 Å². The van der Waals surface area contributed by atoms with Gasteiger partial charge in [0.1, 0.15) is 0 Å². The Morgan fingerprint density at radius 3 is 2.93 bits per heavy atom. The molecule has 0 unspecified atom stereocenters. The van der Waals surface area contributed by atoms with Crippen molar-refractivity contribution in [1.29, 1.82) is 0 Å².